The quantitative estimate of drug-likeness (QED) is 0.801. The van der Waals surface area contributed by atoms with Crippen molar-refractivity contribution in [2.45, 2.75) is 38.5 Å². The van der Waals surface area contributed by atoms with Crippen molar-refractivity contribution in [2.24, 2.45) is 5.92 Å². The average molecular weight is 204 g/mol. The number of hydrogen-bond acceptors (Lipinski definition) is 1. The normalized spacial score (nSPS) is 19.3. The zero-order valence-corrected chi connectivity index (χ0v) is 9.45. The molecule has 0 aliphatic heterocycles. The fourth-order valence-electron chi connectivity index (χ4n) is 2.86. The Morgan fingerprint density at radius 1 is 1.27 bits per heavy atom. The monoisotopic (exact) mass is 204 g/mol. The van der Waals surface area contributed by atoms with Crippen LogP contribution in [0.2, 0.25) is 0 Å². The highest BCUT2D eigenvalue weighted by Gasteiger charge is 2.26. The first-order chi connectivity index (χ1) is 7.33. The van der Waals surface area contributed by atoms with E-state index in [-0.39, 0.29) is 0 Å². The Morgan fingerprint density at radius 2 is 1.93 bits per heavy atom. The molecular formula is C14H20O. The van der Waals surface area contributed by atoms with E-state index < -0.39 is 0 Å². The van der Waals surface area contributed by atoms with Gasteiger partial charge in [0, 0.05) is 5.92 Å². The number of aliphatic hydroxyl groups excluding tert-OH is 1. The van der Waals surface area contributed by atoms with Crippen LogP contribution in [-0.2, 0) is 0 Å². The van der Waals surface area contributed by atoms with E-state index in [0.29, 0.717) is 18.4 Å². The molecule has 1 N–H and O–H groups in total. The minimum atomic E-state index is 0.301. The first-order valence-corrected chi connectivity index (χ1v) is 5.99. The van der Waals surface area contributed by atoms with Gasteiger partial charge in [-0.3, -0.25) is 0 Å². The van der Waals surface area contributed by atoms with Gasteiger partial charge < -0.3 is 5.11 Å². The van der Waals surface area contributed by atoms with Gasteiger partial charge in [-0.2, -0.15) is 0 Å². The van der Waals surface area contributed by atoms with Crippen LogP contribution in [0.5, 0.6) is 0 Å². The fraction of sp³-hybridized carbons (Fsp3) is 0.571. The highest BCUT2D eigenvalue weighted by atomic mass is 16.3. The van der Waals surface area contributed by atoms with Crippen molar-refractivity contribution < 1.29 is 5.11 Å². The van der Waals surface area contributed by atoms with Crippen LogP contribution in [0.4, 0.5) is 0 Å². The van der Waals surface area contributed by atoms with Crippen molar-refractivity contribution >= 4 is 0 Å². The Hall–Kier alpha value is -0.820. The second kappa shape index (κ2) is 4.80. The summed E-state index contributed by atoms with van der Waals surface area (Å²) in [7, 11) is 0. The van der Waals surface area contributed by atoms with Gasteiger partial charge in [-0.05, 0) is 36.8 Å². The molecule has 1 fully saturated rings. The van der Waals surface area contributed by atoms with E-state index in [4.69, 9.17) is 0 Å². The first-order valence-electron chi connectivity index (χ1n) is 5.99. The van der Waals surface area contributed by atoms with Crippen molar-refractivity contribution in [1.29, 1.82) is 0 Å². The molecule has 1 heteroatoms. The molecule has 0 saturated heterocycles. The third-order valence-electron chi connectivity index (χ3n) is 3.75. The second-order valence-corrected chi connectivity index (χ2v) is 4.69. The molecule has 0 spiro atoms. The van der Waals surface area contributed by atoms with Gasteiger partial charge in [-0.1, -0.05) is 37.1 Å². The Bertz CT molecular complexity index is 313. The highest BCUT2D eigenvalue weighted by molar-refractivity contribution is 5.30. The summed E-state index contributed by atoms with van der Waals surface area (Å²) >= 11 is 0. The Kier molecular flexibility index (Phi) is 3.42. The van der Waals surface area contributed by atoms with E-state index in [9.17, 15) is 5.11 Å². The van der Waals surface area contributed by atoms with Crippen LogP contribution in [0.1, 0.15) is 42.7 Å². The predicted octanol–water partition coefficient (Wildman–Crippen LogP) is 3.26. The van der Waals surface area contributed by atoms with Crippen LogP contribution in [0.25, 0.3) is 0 Å². The molecule has 1 aliphatic rings. The molecule has 0 aromatic heterocycles. The maximum absolute atomic E-state index is 9.56. The molecule has 1 aromatic carbocycles. The topological polar surface area (TPSA) is 20.2 Å². The van der Waals surface area contributed by atoms with Crippen molar-refractivity contribution in [3.05, 3.63) is 35.4 Å². The zero-order chi connectivity index (χ0) is 10.7. The molecule has 1 aliphatic carbocycles. The summed E-state index contributed by atoms with van der Waals surface area (Å²) < 4.78 is 0. The van der Waals surface area contributed by atoms with Crippen molar-refractivity contribution in [3.8, 4) is 0 Å². The van der Waals surface area contributed by atoms with Crippen LogP contribution in [-0.4, -0.2) is 11.7 Å². The van der Waals surface area contributed by atoms with Crippen LogP contribution in [0.3, 0.4) is 0 Å². The van der Waals surface area contributed by atoms with E-state index in [1.165, 1.54) is 36.8 Å². The van der Waals surface area contributed by atoms with Gasteiger partial charge in [0.15, 0.2) is 0 Å². The number of aryl methyl sites for hydroxylation is 1. The van der Waals surface area contributed by atoms with Gasteiger partial charge in [0.25, 0.3) is 0 Å². The molecule has 1 nitrogen and oxygen atoms in total. The minimum absolute atomic E-state index is 0.301. The average Bonchev–Trinajstić information content (AvgIpc) is 2.75. The van der Waals surface area contributed by atoms with Gasteiger partial charge in [-0.15, -0.1) is 0 Å². The van der Waals surface area contributed by atoms with Crippen molar-refractivity contribution in [3.63, 3.8) is 0 Å². The predicted molar refractivity (Wildman–Crippen MR) is 63.0 cm³/mol. The van der Waals surface area contributed by atoms with Crippen molar-refractivity contribution in [2.75, 3.05) is 6.61 Å². The summed E-state index contributed by atoms with van der Waals surface area (Å²) in [4.78, 5) is 0. The Morgan fingerprint density at radius 3 is 2.53 bits per heavy atom. The van der Waals surface area contributed by atoms with Crippen molar-refractivity contribution in [1.82, 2.24) is 0 Å². The number of benzene rings is 1. The Labute approximate surface area is 92.1 Å². The Balaban J connectivity index is 2.22. The third-order valence-corrected chi connectivity index (χ3v) is 3.75. The molecular weight excluding hydrogens is 184 g/mol. The maximum atomic E-state index is 9.56. The molecule has 0 radical (unpaired) electrons. The molecule has 1 unspecified atom stereocenters. The molecule has 1 aromatic rings. The second-order valence-electron chi connectivity index (χ2n) is 4.69. The zero-order valence-electron chi connectivity index (χ0n) is 9.45. The van der Waals surface area contributed by atoms with Gasteiger partial charge in [-0.25, -0.2) is 0 Å². The molecule has 0 amide bonds. The van der Waals surface area contributed by atoms with Gasteiger partial charge in [0.2, 0.25) is 0 Å². The molecule has 15 heavy (non-hydrogen) atoms. The minimum Gasteiger partial charge on any atom is -0.396 e. The summed E-state index contributed by atoms with van der Waals surface area (Å²) in [5.74, 6) is 1.07. The van der Waals surface area contributed by atoms with Crippen LogP contribution >= 0.6 is 0 Å². The lowest BCUT2D eigenvalue weighted by Crippen LogP contribution is -2.15. The molecule has 2 rings (SSSR count). The molecule has 82 valence electrons. The number of hydrogen-bond donors (Lipinski definition) is 1. The van der Waals surface area contributed by atoms with Crippen LogP contribution < -0.4 is 0 Å². The number of aliphatic hydroxyl groups is 1. The molecule has 0 heterocycles. The van der Waals surface area contributed by atoms with Gasteiger partial charge in [0.05, 0.1) is 6.61 Å². The largest absolute Gasteiger partial charge is 0.396 e. The van der Waals surface area contributed by atoms with E-state index in [1.807, 2.05) is 0 Å². The summed E-state index contributed by atoms with van der Waals surface area (Å²) in [6.45, 7) is 2.45. The van der Waals surface area contributed by atoms with E-state index in [1.54, 1.807) is 0 Å². The van der Waals surface area contributed by atoms with Gasteiger partial charge >= 0.3 is 0 Å². The smallest absolute Gasteiger partial charge is 0.0502 e. The summed E-state index contributed by atoms with van der Waals surface area (Å²) in [6.07, 6.45) is 5.26. The highest BCUT2D eigenvalue weighted by Crippen LogP contribution is 2.37. The lowest BCUT2D eigenvalue weighted by Gasteiger charge is -2.23. The molecule has 1 atom stereocenters. The third kappa shape index (κ3) is 2.23. The summed E-state index contributed by atoms with van der Waals surface area (Å²) in [6, 6.07) is 8.48. The molecule has 0 bridgehead atoms. The van der Waals surface area contributed by atoms with Crippen LogP contribution in [0.15, 0.2) is 24.3 Å². The number of rotatable bonds is 3. The first kappa shape index (κ1) is 10.7. The van der Waals surface area contributed by atoms with E-state index in [2.05, 4.69) is 31.2 Å². The maximum Gasteiger partial charge on any atom is 0.0502 e. The van der Waals surface area contributed by atoms with Crippen LogP contribution in [0, 0.1) is 12.8 Å². The van der Waals surface area contributed by atoms with E-state index >= 15 is 0 Å². The summed E-state index contributed by atoms with van der Waals surface area (Å²) in [5.41, 5.74) is 2.68. The lowest BCUT2D eigenvalue weighted by molar-refractivity contribution is 0.225. The standard InChI is InChI=1S/C14H20O/c1-11-6-2-5-9-13(11)14(10-15)12-7-3-4-8-12/h2,5-6,9,12,14-15H,3-4,7-8,10H2,1H3. The molecule has 1 saturated carbocycles. The fourth-order valence-corrected chi connectivity index (χ4v) is 2.86. The van der Waals surface area contributed by atoms with Gasteiger partial charge in [0.1, 0.15) is 0 Å². The lowest BCUT2D eigenvalue weighted by atomic mass is 9.83. The van der Waals surface area contributed by atoms with E-state index in [0.717, 1.165) is 0 Å². The summed E-state index contributed by atoms with van der Waals surface area (Å²) in [5, 5.41) is 9.56. The SMILES string of the molecule is Cc1ccccc1C(CO)C1CCCC1.